The van der Waals surface area contributed by atoms with Gasteiger partial charge in [-0.2, -0.15) is 0 Å². The van der Waals surface area contributed by atoms with E-state index in [1.54, 1.807) is 43.3 Å². The van der Waals surface area contributed by atoms with E-state index in [4.69, 9.17) is 11.6 Å². The summed E-state index contributed by atoms with van der Waals surface area (Å²) in [5.41, 5.74) is 1.42. The molecule has 0 aromatic heterocycles. The number of nitro groups is 2. The van der Waals surface area contributed by atoms with Gasteiger partial charge < -0.3 is 4.90 Å². The summed E-state index contributed by atoms with van der Waals surface area (Å²) in [7, 11) is 1.87. The molecular formula is C25H21ClN6O6. The van der Waals surface area contributed by atoms with E-state index in [1.165, 1.54) is 4.90 Å². The van der Waals surface area contributed by atoms with Crippen LogP contribution in [0, 0.1) is 27.2 Å². The van der Waals surface area contributed by atoms with Crippen LogP contribution in [0.4, 0.5) is 28.4 Å². The Hall–Kier alpha value is -4.71. The molecule has 0 N–H and O–H groups in total. The molecule has 4 rings (SSSR count). The number of anilines is 1. The summed E-state index contributed by atoms with van der Waals surface area (Å²) in [6, 6.07) is 13.8. The van der Waals surface area contributed by atoms with Gasteiger partial charge in [0.1, 0.15) is 0 Å². The summed E-state index contributed by atoms with van der Waals surface area (Å²) in [5.74, 6) is -0.570. The molecule has 3 aromatic carbocycles. The van der Waals surface area contributed by atoms with Crippen molar-refractivity contribution in [1.82, 2.24) is 4.90 Å². The molecule has 0 atom stereocenters. The molecule has 194 valence electrons. The van der Waals surface area contributed by atoms with Crippen LogP contribution < -0.4 is 4.90 Å². The van der Waals surface area contributed by atoms with Crippen molar-refractivity contribution in [3.63, 3.8) is 0 Å². The molecule has 1 aliphatic rings. The van der Waals surface area contributed by atoms with Crippen LogP contribution in [0.2, 0.25) is 5.02 Å². The smallest absolute Gasteiger partial charge is 0.305 e. The van der Waals surface area contributed by atoms with Gasteiger partial charge in [0.2, 0.25) is 0 Å². The molecule has 12 nitrogen and oxygen atoms in total. The first-order valence-electron chi connectivity index (χ1n) is 11.4. The fourth-order valence-corrected chi connectivity index (χ4v) is 4.29. The Morgan fingerprint density at radius 2 is 1.61 bits per heavy atom. The summed E-state index contributed by atoms with van der Waals surface area (Å²) in [5, 5.41) is 30.1. The van der Waals surface area contributed by atoms with Crippen molar-refractivity contribution in [2.75, 3.05) is 25.0 Å². The maximum absolute atomic E-state index is 12.5. The summed E-state index contributed by atoms with van der Waals surface area (Å²) in [6.07, 6.45) is 0.560. The van der Waals surface area contributed by atoms with E-state index in [-0.39, 0.29) is 29.1 Å². The number of imide groups is 1. The van der Waals surface area contributed by atoms with Crippen LogP contribution in [-0.4, -0.2) is 46.7 Å². The SMILES string of the molecule is Cc1cc(N(C)CCCN2C(=O)c3ccccc3C2=O)ccc1/N=N/c1c(Cl)cc([N+](=O)[O-])cc1[N+](=O)[O-]. The van der Waals surface area contributed by atoms with E-state index in [2.05, 4.69) is 10.2 Å². The Balaban J connectivity index is 1.42. The number of carbonyl (C=O) groups excluding carboxylic acids is 2. The minimum atomic E-state index is -0.805. The number of carbonyl (C=O) groups is 2. The fraction of sp³-hybridized carbons (Fsp3) is 0.200. The molecule has 3 aromatic rings. The lowest BCUT2D eigenvalue weighted by Crippen LogP contribution is -2.32. The zero-order chi connectivity index (χ0) is 27.6. The number of nitro benzene ring substituents is 2. The van der Waals surface area contributed by atoms with Gasteiger partial charge in [0.15, 0.2) is 5.69 Å². The third-order valence-electron chi connectivity index (χ3n) is 6.07. The summed E-state index contributed by atoms with van der Waals surface area (Å²) in [6.45, 7) is 2.64. The highest BCUT2D eigenvalue weighted by atomic mass is 35.5. The largest absolute Gasteiger partial charge is 0.375 e. The van der Waals surface area contributed by atoms with Crippen LogP contribution in [0.25, 0.3) is 0 Å². The number of non-ortho nitro benzene ring substituents is 1. The molecule has 0 saturated carbocycles. The van der Waals surface area contributed by atoms with Gasteiger partial charge in [-0.25, -0.2) is 0 Å². The lowest BCUT2D eigenvalue weighted by Gasteiger charge is -2.21. The molecule has 13 heteroatoms. The summed E-state index contributed by atoms with van der Waals surface area (Å²) < 4.78 is 0. The first-order chi connectivity index (χ1) is 18.1. The predicted molar refractivity (Wildman–Crippen MR) is 140 cm³/mol. The second-order valence-corrected chi connectivity index (χ2v) is 8.97. The van der Waals surface area contributed by atoms with Crippen molar-refractivity contribution in [2.45, 2.75) is 13.3 Å². The van der Waals surface area contributed by atoms with Crippen molar-refractivity contribution in [3.05, 3.63) is 96.5 Å². The topological polar surface area (TPSA) is 152 Å². The Morgan fingerprint density at radius 1 is 0.947 bits per heavy atom. The molecular weight excluding hydrogens is 516 g/mol. The van der Waals surface area contributed by atoms with E-state index in [1.807, 2.05) is 18.0 Å². The van der Waals surface area contributed by atoms with Crippen LogP contribution in [0.1, 0.15) is 32.7 Å². The molecule has 1 heterocycles. The Labute approximate surface area is 221 Å². The van der Waals surface area contributed by atoms with E-state index in [0.29, 0.717) is 29.8 Å². The summed E-state index contributed by atoms with van der Waals surface area (Å²) >= 11 is 6.02. The van der Waals surface area contributed by atoms with Crippen LogP contribution in [-0.2, 0) is 0 Å². The number of fused-ring (bicyclic) bond motifs is 1. The molecule has 0 aliphatic carbocycles. The first kappa shape index (κ1) is 26.4. The monoisotopic (exact) mass is 536 g/mol. The number of hydrogen-bond donors (Lipinski definition) is 0. The van der Waals surface area contributed by atoms with Crippen LogP contribution >= 0.6 is 11.6 Å². The van der Waals surface area contributed by atoms with Crippen LogP contribution in [0.3, 0.4) is 0 Å². The molecule has 0 saturated heterocycles. The van der Waals surface area contributed by atoms with Gasteiger partial charge in [0.25, 0.3) is 17.5 Å². The van der Waals surface area contributed by atoms with E-state index >= 15 is 0 Å². The average Bonchev–Trinajstić information content (AvgIpc) is 3.12. The molecule has 0 unspecified atom stereocenters. The molecule has 0 bridgehead atoms. The average molecular weight is 537 g/mol. The number of hydrogen-bond acceptors (Lipinski definition) is 9. The fourth-order valence-electron chi connectivity index (χ4n) is 4.04. The van der Waals surface area contributed by atoms with E-state index < -0.39 is 21.2 Å². The van der Waals surface area contributed by atoms with Crippen molar-refractivity contribution in [1.29, 1.82) is 0 Å². The molecule has 38 heavy (non-hydrogen) atoms. The normalized spacial score (nSPS) is 12.8. The minimum absolute atomic E-state index is 0.262. The number of azo groups is 1. The second kappa shape index (κ2) is 10.7. The molecule has 0 fully saturated rings. The summed E-state index contributed by atoms with van der Waals surface area (Å²) in [4.78, 5) is 49.1. The Bertz CT molecular complexity index is 1470. The molecule has 0 spiro atoms. The van der Waals surface area contributed by atoms with Gasteiger partial charge >= 0.3 is 5.69 Å². The number of halogens is 1. The van der Waals surface area contributed by atoms with Crippen molar-refractivity contribution < 1.29 is 19.4 Å². The lowest BCUT2D eigenvalue weighted by atomic mass is 10.1. The second-order valence-electron chi connectivity index (χ2n) is 8.56. The van der Waals surface area contributed by atoms with Crippen LogP contribution in [0.5, 0.6) is 0 Å². The Morgan fingerprint density at radius 3 is 2.18 bits per heavy atom. The maximum atomic E-state index is 12.5. The standard InChI is InChI=1S/C25H21ClN6O6/c1-15-12-16(29(2)10-5-11-30-24(33)18-6-3-4-7-19(18)25(30)34)8-9-21(15)27-28-23-20(26)13-17(31(35)36)14-22(23)32(37)38/h3-4,6-9,12-14H,5,10-11H2,1-2H3/b28-27+. The lowest BCUT2D eigenvalue weighted by molar-refractivity contribution is -0.393. The zero-order valence-corrected chi connectivity index (χ0v) is 21.1. The van der Waals surface area contributed by atoms with Crippen molar-refractivity contribution in [3.8, 4) is 0 Å². The van der Waals surface area contributed by atoms with Gasteiger partial charge in [-0.1, -0.05) is 23.7 Å². The van der Waals surface area contributed by atoms with Gasteiger partial charge in [0, 0.05) is 31.9 Å². The van der Waals surface area contributed by atoms with Crippen molar-refractivity contribution in [2.24, 2.45) is 10.2 Å². The third kappa shape index (κ3) is 5.20. The number of benzene rings is 3. The minimum Gasteiger partial charge on any atom is -0.375 e. The van der Waals surface area contributed by atoms with Gasteiger partial charge in [-0.3, -0.25) is 34.7 Å². The maximum Gasteiger partial charge on any atom is 0.305 e. The third-order valence-corrected chi connectivity index (χ3v) is 6.36. The zero-order valence-electron chi connectivity index (χ0n) is 20.3. The first-order valence-corrected chi connectivity index (χ1v) is 11.8. The number of amides is 2. The highest BCUT2D eigenvalue weighted by molar-refractivity contribution is 6.33. The highest BCUT2D eigenvalue weighted by Crippen LogP contribution is 2.40. The van der Waals surface area contributed by atoms with Gasteiger partial charge in [0.05, 0.1) is 37.7 Å². The van der Waals surface area contributed by atoms with Gasteiger partial charge in [-0.05, 0) is 49.2 Å². The number of rotatable bonds is 9. The quantitative estimate of drug-likeness (QED) is 0.141. The van der Waals surface area contributed by atoms with Gasteiger partial charge in [-0.15, -0.1) is 10.2 Å². The van der Waals surface area contributed by atoms with Crippen molar-refractivity contribution >= 4 is 51.9 Å². The van der Waals surface area contributed by atoms with E-state index in [9.17, 15) is 29.8 Å². The molecule has 1 aliphatic heterocycles. The Kier molecular flexibility index (Phi) is 7.44. The number of nitrogens with zero attached hydrogens (tertiary/aromatic N) is 6. The van der Waals surface area contributed by atoms with Crippen LogP contribution in [0.15, 0.2) is 64.8 Å². The number of aryl methyl sites for hydroxylation is 1. The molecule has 2 amide bonds. The predicted octanol–water partition coefficient (Wildman–Crippen LogP) is 6.00. The molecule has 0 radical (unpaired) electrons. The highest BCUT2D eigenvalue weighted by Gasteiger charge is 2.34. The van der Waals surface area contributed by atoms with E-state index in [0.717, 1.165) is 23.4 Å².